The van der Waals surface area contributed by atoms with Gasteiger partial charge in [0, 0.05) is 11.6 Å². The van der Waals surface area contributed by atoms with Crippen molar-refractivity contribution in [1.29, 1.82) is 0 Å². The summed E-state index contributed by atoms with van der Waals surface area (Å²) >= 11 is 5.73. The Balaban J connectivity index is 2.20. The van der Waals surface area contributed by atoms with Gasteiger partial charge in [0.25, 0.3) is 11.6 Å². The predicted molar refractivity (Wildman–Crippen MR) is 70.6 cm³/mol. The summed E-state index contributed by atoms with van der Waals surface area (Å²) in [5.41, 5.74) is 0.0860. The quantitative estimate of drug-likeness (QED) is 0.624. The van der Waals surface area contributed by atoms with Crippen LogP contribution in [0.3, 0.4) is 0 Å². The first kappa shape index (κ1) is 13.8. The van der Waals surface area contributed by atoms with E-state index in [0.29, 0.717) is 18.7 Å². The van der Waals surface area contributed by atoms with E-state index in [0.717, 1.165) is 13.1 Å². The van der Waals surface area contributed by atoms with E-state index in [2.05, 4.69) is 7.05 Å². The van der Waals surface area contributed by atoms with E-state index in [1.165, 1.54) is 23.1 Å². The van der Waals surface area contributed by atoms with Crippen LogP contribution in [0, 0.1) is 10.1 Å². The van der Waals surface area contributed by atoms with Crippen molar-refractivity contribution in [3.8, 4) is 0 Å². The van der Waals surface area contributed by atoms with Gasteiger partial charge in [-0.1, -0.05) is 11.6 Å². The molecule has 1 amide bonds. The molecule has 102 valence electrons. The van der Waals surface area contributed by atoms with Crippen molar-refractivity contribution in [2.24, 2.45) is 0 Å². The average molecular weight is 285 g/mol. The SMILES string of the molecule is C[NH+]1CCN(C(=O)c2ccc(Cl)c([N+](=O)[O-])c2)CC1. The van der Waals surface area contributed by atoms with Gasteiger partial charge in [-0.05, 0) is 12.1 Å². The van der Waals surface area contributed by atoms with Gasteiger partial charge in [-0.15, -0.1) is 0 Å². The molecule has 0 saturated carbocycles. The van der Waals surface area contributed by atoms with Crippen LogP contribution >= 0.6 is 11.6 Å². The molecule has 1 heterocycles. The fourth-order valence-corrected chi connectivity index (χ4v) is 2.25. The molecule has 2 rings (SSSR count). The van der Waals surface area contributed by atoms with Crippen molar-refractivity contribution in [1.82, 2.24) is 4.90 Å². The second kappa shape index (κ2) is 5.54. The van der Waals surface area contributed by atoms with Gasteiger partial charge >= 0.3 is 0 Å². The fourth-order valence-electron chi connectivity index (χ4n) is 2.06. The Hall–Kier alpha value is -1.66. The Morgan fingerprint density at radius 2 is 2.05 bits per heavy atom. The number of nitrogens with zero attached hydrogens (tertiary/aromatic N) is 2. The van der Waals surface area contributed by atoms with Crippen molar-refractivity contribution in [3.63, 3.8) is 0 Å². The highest BCUT2D eigenvalue weighted by atomic mass is 35.5. The molecule has 7 heteroatoms. The van der Waals surface area contributed by atoms with E-state index in [1.807, 2.05) is 0 Å². The molecule has 1 aromatic rings. The molecule has 0 atom stereocenters. The van der Waals surface area contributed by atoms with Gasteiger partial charge in [-0.3, -0.25) is 14.9 Å². The summed E-state index contributed by atoms with van der Waals surface area (Å²) in [5, 5.41) is 10.9. The third kappa shape index (κ3) is 3.02. The van der Waals surface area contributed by atoms with Crippen LogP contribution in [-0.4, -0.2) is 49.0 Å². The number of halogens is 1. The molecule has 0 radical (unpaired) electrons. The molecular formula is C12H15ClN3O3+. The molecule has 0 spiro atoms. The largest absolute Gasteiger partial charge is 0.334 e. The monoisotopic (exact) mass is 284 g/mol. The number of amides is 1. The second-order valence-electron chi connectivity index (χ2n) is 4.67. The van der Waals surface area contributed by atoms with Crippen LogP contribution in [0.1, 0.15) is 10.4 Å². The lowest BCUT2D eigenvalue weighted by atomic mass is 10.1. The average Bonchev–Trinajstić information content (AvgIpc) is 2.39. The summed E-state index contributed by atoms with van der Waals surface area (Å²) < 4.78 is 0. The van der Waals surface area contributed by atoms with Crippen LogP contribution in [0.4, 0.5) is 5.69 Å². The fraction of sp³-hybridized carbons (Fsp3) is 0.417. The maximum absolute atomic E-state index is 12.2. The van der Waals surface area contributed by atoms with Crippen LogP contribution < -0.4 is 4.90 Å². The van der Waals surface area contributed by atoms with E-state index < -0.39 is 4.92 Å². The lowest BCUT2D eigenvalue weighted by Crippen LogP contribution is -3.12. The Morgan fingerprint density at radius 3 is 2.63 bits per heavy atom. The van der Waals surface area contributed by atoms with Crippen molar-refractivity contribution in [2.45, 2.75) is 0 Å². The van der Waals surface area contributed by atoms with E-state index >= 15 is 0 Å². The Kier molecular flexibility index (Phi) is 4.01. The van der Waals surface area contributed by atoms with Crippen LogP contribution in [0.25, 0.3) is 0 Å². The van der Waals surface area contributed by atoms with Crippen LogP contribution in [-0.2, 0) is 0 Å². The number of hydrogen-bond donors (Lipinski definition) is 1. The van der Waals surface area contributed by atoms with E-state index in [1.54, 1.807) is 4.90 Å². The normalized spacial score (nSPS) is 16.4. The van der Waals surface area contributed by atoms with Gasteiger partial charge in [-0.25, -0.2) is 0 Å². The highest BCUT2D eigenvalue weighted by molar-refractivity contribution is 6.32. The lowest BCUT2D eigenvalue weighted by Gasteiger charge is -2.30. The number of carbonyl (C=O) groups is 1. The van der Waals surface area contributed by atoms with Gasteiger partial charge < -0.3 is 9.80 Å². The molecule has 6 nitrogen and oxygen atoms in total. The molecule has 1 saturated heterocycles. The topological polar surface area (TPSA) is 67.9 Å². The number of nitro benzene ring substituents is 1. The molecule has 0 bridgehead atoms. The maximum Gasteiger partial charge on any atom is 0.288 e. The Bertz CT molecular complexity index is 513. The first-order valence-corrected chi connectivity index (χ1v) is 6.41. The first-order valence-electron chi connectivity index (χ1n) is 6.03. The first-order chi connectivity index (χ1) is 8.99. The third-order valence-electron chi connectivity index (χ3n) is 3.29. The van der Waals surface area contributed by atoms with Gasteiger partial charge in [-0.2, -0.15) is 0 Å². The molecule has 19 heavy (non-hydrogen) atoms. The van der Waals surface area contributed by atoms with E-state index in [4.69, 9.17) is 11.6 Å². The molecule has 1 aliphatic heterocycles. The summed E-state index contributed by atoms with van der Waals surface area (Å²) in [4.78, 5) is 25.6. The van der Waals surface area contributed by atoms with Crippen molar-refractivity contribution in [2.75, 3.05) is 33.2 Å². The number of likely N-dealkylation sites (N-methyl/N-ethyl adjacent to an activating group) is 1. The number of benzene rings is 1. The Labute approximate surface area is 115 Å². The number of rotatable bonds is 2. The zero-order valence-corrected chi connectivity index (χ0v) is 11.3. The van der Waals surface area contributed by atoms with Gasteiger partial charge in [0.15, 0.2) is 0 Å². The van der Waals surface area contributed by atoms with Crippen LogP contribution in [0.2, 0.25) is 5.02 Å². The van der Waals surface area contributed by atoms with Crippen molar-refractivity contribution in [3.05, 3.63) is 38.9 Å². The van der Waals surface area contributed by atoms with E-state index in [9.17, 15) is 14.9 Å². The second-order valence-corrected chi connectivity index (χ2v) is 5.08. The minimum absolute atomic E-state index is 0.0457. The molecule has 1 fully saturated rings. The zero-order chi connectivity index (χ0) is 14.0. The summed E-state index contributed by atoms with van der Waals surface area (Å²) in [6, 6.07) is 4.17. The maximum atomic E-state index is 12.2. The molecule has 1 N–H and O–H groups in total. The molecule has 0 aliphatic carbocycles. The number of nitrogens with one attached hydrogen (secondary N) is 1. The highest BCUT2D eigenvalue weighted by Gasteiger charge is 2.24. The van der Waals surface area contributed by atoms with Gasteiger partial charge in [0.05, 0.1) is 38.2 Å². The zero-order valence-electron chi connectivity index (χ0n) is 10.6. The van der Waals surface area contributed by atoms with Crippen molar-refractivity contribution >= 4 is 23.2 Å². The Morgan fingerprint density at radius 1 is 1.42 bits per heavy atom. The molecule has 0 aromatic heterocycles. The molecule has 1 aromatic carbocycles. The number of piperazine rings is 1. The standard InChI is InChI=1S/C12H14ClN3O3/c1-14-4-6-15(7-5-14)12(17)9-2-3-10(13)11(8-9)16(18)19/h2-3,8H,4-7H2,1H3/p+1. The van der Waals surface area contributed by atoms with Crippen molar-refractivity contribution < 1.29 is 14.6 Å². The molecule has 1 aliphatic rings. The smallest absolute Gasteiger partial charge is 0.288 e. The summed E-state index contributed by atoms with van der Waals surface area (Å²) in [6.45, 7) is 3.12. The minimum Gasteiger partial charge on any atom is -0.334 e. The number of carbonyl (C=O) groups excluding carboxylic acids is 1. The van der Waals surface area contributed by atoms with Gasteiger partial charge in [0.1, 0.15) is 5.02 Å². The predicted octanol–water partition coefficient (Wildman–Crippen LogP) is 0.219. The summed E-state index contributed by atoms with van der Waals surface area (Å²) in [6.07, 6.45) is 0. The highest BCUT2D eigenvalue weighted by Crippen LogP contribution is 2.25. The third-order valence-corrected chi connectivity index (χ3v) is 3.61. The number of hydrogen-bond acceptors (Lipinski definition) is 3. The number of quaternary nitrogens is 1. The van der Waals surface area contributed by atoms with Crippen LogP contribution in [0.15, 0.2) is 18.2 Å². The van der Waals surface area contributed by atoms with Crippen LogP contribution in [0.5, 0.6) is 0 Å². The summed E-state index contributed by atoms with van der Waals surface area (Å²) in [7, 11) is 2.08. The molecular weight excluding hydrogens is 270 g/mol. The van der Waals surface area contributed by atoms with E-state index in [-0.39, 0.29) is 16.6 Å². The number of nitro groups is 1. The van der Waals surface area contributed by atoms with Gasteiger partial charge in [0.2, 0.25) is 0 Å². The minimum atomic E-state index is -0.576. The lowest BCUT2D eigenvalue weighted by molar-refractivity contribution is -0.883. The summed E-state index contributed by atoms with van der Waals surface area (Å²) in [5.74, 6) is -0.174. The molecule has 0 unspecified atom stereocenters.